The second kappa shape index (κ2) is 11.0. The number of amides is 3. The summed E-state index contributed by atoms with van der Waals surface area (Å²) in [5, 5.41) is 2.93. The highest BCUT2D eigenvalue weighted by Crippen LogP contribution is 2.34. The molecular formula is C30H32N4O4. The van der Waals surface area contributed by atoms with E-state index in [1.54, 1.807) is 36.3 Å². The highest BCUT2D eigenvalue weighted by Gasteiger charge is 2.37. The molecule has 2 fully saturated rings. The number of aryl methyl sites for hydroxylation is 1. The number of piperazine rings is 1. The van der Waals surface area contributed by atoms with Crippen LogP contribution in [0.25, 0.3) is 0 Å². The minimum Gasteiger partial charge on any atom is -0.495 e. The number of carbonyl (C=O) groups excluding carboxylic acids is 3. The van der Waals surface area contributed by atoms with Gasteiger partial charge in [-0.3, -0.25) is 14.4 Å². The Hall–Kier alpha value is -4.33. The maximum absolute atomic E-state index is 13.4. The molecule has 0 aromatic heterocycles. The van der Waals surface area contributed by atoms with Gasteiger partial charge in [0.15, 0.2) is 0 Å². The lowest BCUT2D eigenvalue weighted by Crippen LogP contribution is -2.49. The van der Waals surface area contributed by atoms with Gasteiger partial charge in [0.2, 0.25) is 11.8 Å². The van der Waals surface area contributed by atoms with E-state index in [1.807, 2.05) is 48.2 Å². The van der Waals surface area contributed by atoms with Gasteiger partial charge in [-0.15, -0.1) is 0 Å². The number of hydrogen-bond donors (Lipinski definition) is 1. The van der Waals surface area contributed by atoms with E-state index in [1.165, 1.54) is 0 Å². The number of nitrogens with zero attached hydrogens (tertiary/aromatic N) is 3. The van der Waals surface area contributed by atoms with Crippen LogP contribution in [0.15, 0.2) is 72.8 Å². The molecule has 8 nitrogen and oxygen atoms in total. The Morgan fingerprint density at radius 1 is 0.921 bits per heavy atom. The zero-order chi connectivity index (χ0) is 26.6. The first-order valence-corrected chi connectivity index (χ1v) is 12.9. The summed E-state index contributed by atoms with van der Waals surface area (Å²) in [5.41, 5.74) is 3.73. The minimum atomic E-state index is -0.537. The predicted molar refractivity (Wildman–Crippen MR) is 148 cm³/mol. The molecule has 0 saturated carbocycles. The molecule has 1 atom stereocenters. The molecule has 3 aromatic carbocycles. The minimum absolute atomic E-state index is 0.0977. The van der Waals surface area contributed by atoms with Crippen LogP contribution >= 0.6 is 0 Å². The number of nitrogens with one attached hydrogen (secondary N) is 1. The molecule has 8 heteroatoms. The number of methoxy groups -OCH3 is 1. The largest absolute Gasteiger partial charge is 0.495 e. The van der Waals surface area contributed by atoms with Crippen molar-refractivity contribution in [2.24, 2.45) is 5.92 Å². The molecule has 0 aliphatic carbocycles. The Balaban J connectivity index is 1.25. The van der Waals surface area contributed by atoms with Crippen molar-refractivity contribution in [3.05, 3.63) is 83.9 Å². The van der Waals surface area contributed by atoms with Crippen molar-refractivity contribution in [1.29, 1.82) is 0 Å². The smallest absolute Gasteiger partial charge is 0.256 e. The van der Waals surface area contributed by atoms with Gasteiger partial charge in [0.05, 0.1) is 30.0 Å². The number of hydrogen-bond acceptors (Lipinski definition) is 5. The average Bonchev–Trinajstić information content (AvgIpc) is 3.35. The molecule has 2 aliphatic rings. The quantitative estimate of drug-likeness (QED) is 0.541. The summed E-state index contributed by atoms with van der Waals surface area (Å²) in [4.78, 5) is 45.3. The summed E-state index contributed by atoms with van der Waals surface area (Å²) in [6.45, 7) is 4.88. The average molecular weight is 513 g/mol. The standard InChI is InChI=1S/C30H32N4O4/c1-21-12-13-27(38-2)26(18-21)34-20-22(19-28(34)35)29(36)31-25-11-7-6-10-24(25)30(37)33-16-14-32(15-17-33)23-8-4-3-5-9-23/h3-13,18,22H,14-17,19-20H2,1-2H3,(H,31,36). The molecule has 0 bridgehead atoms. The summed E-state index contributed by atoms with van der Waals surface area (Å²) < 4.78 is 5.44. The third-order valence-corrected chi connectivity index (χ3v) is 7.22. The Morgan fingerprint density at radius 2 is 1.63 bits per heavy atom. The summed E-state index contributed by atoms with van der Waals surface area (Å²) >= 11 is 0. The molecule has 38 heavy (non-hydrogen) atoms. The molecule has 5 rings (SSSR count). The highest BCUT2D eigenvalue weighted by atomic mass is 16.5. The number of anilines is 3. The summed E-state index contributed by atoms with van der Waals surface area (Å²) in [5.74, 6) is -0.461. The number of carbonyl (C=O) groups is 3. The first-order valence-electron chi connectivity index (χ1n) is 12.9. The van der Waals surface area contributed by atoms with Gasteiger partial charge < -0.3 is 24.8 Å². The number of benzene rings is 3. The van der Waals surface area contributed by atoms with Gasteiger partial charge in [-0.2, -0.15) is 0 Å². The van der Waals surface area contributed by atoms with Crippen LogP contribution in [0, 0.1) is 12.8 Å². The van der Waals surface area contributed by atoms with Crippen LogP contribution in [0.4, 0.5) is 17.1 Å². The maximum Gasteiger partial charge on any atom is 0.256 e. The Labute approximate surface area is 222 Å². The van der Waals surface area contributed by atoms with Crippen LogP contribution in [0.5, 0.6) is 5.75 Å². The lowest BCUT2D eigenvalue weighted by Gasteiger charge is -2.36. The normalized spacial score (nSPS) is 17.5. The van der Waals surface area contributed by atoms with Gasteiger partial charge in [0, 0.05) is 44.8 Å². The monoisotopic (exact) mass is 512 g/mol. The second-order valence-electron chi connectivity index (χ2n) is 9.73. The first kappa shape index (κ1) is 25.3. The van der Waals surface area contributed by atoms with E-state index in [2.05, 4.69) is 22.3 Å². The van der Waals surface area contributed by atoms with Gasteiger partial charge in [0.1, 0.15) is 5.75 Å². The molecule has 1 N–H and O–H groups in total. The van der Waals surface area contributed by atoms with Gasteiger partial charge in [-0.1, -0.05) is 36.4 Å². The topological polar surface area (TPSA) is 82.2 Å². The van der Waals surface area contributed by atoms with Crippen molar-refractivity contribution in [1.82, 2.24) is 4.90 Å². The Kier molecular flexibility index (Phi) is 7.31. The van der Waals surface area contributed by atoms with E-state index in [0.717, 1.165) is 24.3 Å². The lowest BCUT2D eigenvalue weighted by molar-refractivity contribution is -0.122. The van der Waals surface area contributed by atoms with Crippen LogP contribution in [-0.4, -0.2) is 62.5 Å². The van der Waals surface area contributed by atoms with Crippen molar-refractivity contribution in [2.75, 3.05) is 55.0 Å². The van der Waals surface area contributed by atoms with Crippen LogP contribution in [0.3, 0.4) is 0 Å². The predicted octanol–water partition coefficient (Wildman–Crippen LogP) is 3.96. The van der Waals surface area contributed by atoms with Gasteiger partial charge >= 0.3 is 0 Å². The highest BCUT2D eigenvalue weighted by molar-refractivity contribution is 6.07. The Bertz CT molecular complexity index is 1340. The van der Waals surface area contributed by atoms with Crippen molar-refractivity contribution in [2.45, 2.75) is 13.3 Å². The van der Waals surface area contributed by atoms with Crippen LogP contribution in [0.1, 0.15) is 22.3 Å². The van der Waals surface area contributed by atoms with E-state index in [0.29, 0.717) is 35.8 Å². The van der Waals surface area contributed by atoms with E-state index in [9.17, 15) is 14.4 Å². The van der Waals surface area contributed by atoms with E-state index < -0.39 is 5.92 Å². The molecule has 2 aliphatic heterocycles. The third-order valence-electron chi connectivity index (χ3n) is 7.22. The fraction of sp³-hybridized carbons (Fsp3) is 0.300. The van der Waals surface area contributed by atoms with Crippen molar-refractivity contribution in [3.8, 4) is 5.75 Å². The SMILES string of the molecule is COc1ccc(C)cc1N1CC(C(=O)Nc2ccccc2C(=O)N2CCN(c3ccccc3)CC2)CC1=O. The molecule has 196 valence electrons. The first-order chi connectivity index (χ1) is 18.4. The van der Waals surface area contributed by atoms with Crippen LogP contribution < -0.4 is 19.9 Å². The van der Waals surface area contributed by atoms with Crippen molar-refractivity contribution < 1.29 is 19.1 Å². The fourth-order valence-corrected chi connectivity index (χ4v) is 5.12. The summed E-state index contributed by atoms with van der Waals surface area (Å²) in [7, 11) is 1.56. The van der Waals surface area contributed by atoms with Gasteiger partial charge in [0.25, 0.3) is 5.91 Å². The molecule has 2 heterocycles. The molecule has 0 radical (unpaired) electrons. The number of para-hydroxylation sites is 2. The fourth-order valence-electron chi connectivity index (χ4n) is 5.12. The molecule has 3 amide bonds. The molecular weight excluding hydrogens is 480 g/mol. The van der Waals surface area contributed by atoms with E-state index in [-0.39, 0.29) is 30.7 Å². The third kappa shape index (κ3) is 5.20. The van der Waals surface area contributed by atoms with Gasteiger partial charge in [-0.25, -0.2) is 0 Å². The Morgan fingerprint density at radius 3 is 2.37 bits per heavy atom. The second-order valence-corrected chi connectivity index (χ2v) is 9.73. The maximum atomic E-state index is 13.4. The summed E-state index contributed by atoms with van der Waals surface area (Å²) in [6.07, 6.45) is 0.0977. The van der Waals surface area contributed by atoms with E-state index >= 15 is 0 Å². The van der Waals surface area contributed by atoms with Gasteiger partial charge in [-0.05, 0) is 48.9 Å². The molecule has 0 spiro atoms. The lowest BCUT2D eigenvalue weighted by atomic mass is 10.1. The van der Waals surface area contributed by atoms with Crippen molar-refractivity contribution >= 4 is 34.8 Å². The molecule has 2 saturated heterocycles. The van der Waals surface area contributed by atoms with Crippen molar-refractivity contribution in [3.63, 3.8) is 0 Å². The van der Waals surface area contributed by atoms with E-state index in [4.69, 9.17) is 4.74 Å². The summed E-state index contributed by atoms with van der Waals surface area (Å²) in [6, 6.07) is 22.9. The molecule has 3 aromatic rings. The zero-order valence-corrected chi connectivity index (χ0v) is 21.7. The molecule has 1 unspecified atom stereocenters. The van der Waals surface area contributed by atoms with Crippen LogP contribution in [0.2, 0.25) is 0 Å². The van der Waals surface area contributed by atoms with Crippen LogP contribution in [-0.2, 0) is 9.59 Å². The number of rotatable bonds is 6. The zero-order valence-electron chi connectivity index (χ0n) is 21.7. The number of ether oxygens (including phenoxy) is 1.